The zero-order chi connectivity index (χ0) is 14.6. The normalized spacial score (nSPS) is 35.1. The van der Waals surface area contributed by atoms with Crippen LogP contribution in [0.15, 0.2) is 0 Å². The largest absolute Gasteiger partial charge is 0.389 e. The van der Waals surface area contributed by atoms with E-state index < -0.39 is 5.60 Å². The van der Waals surface area contributed by atoms with Crippen LogP contribution in [0.3, 0.4) is 0 Å². The van der Waals surface area contributed by atoms with Crippen molar-refractivity contribution in [3.63, 3.8) is 0 Å². The van der Waals surface area contributed by atoms with Gasteiger partial charge in [-0.05, 0) is 44.6 Å². The minimum absolute atomic E-state index is 0.00969. The van der Waals surface area contributed by atoms with E-state index in [-0.39, 0.29) is 5.41 Å². The summed E-state index contributed by atoms with van der Waals surface area (Å²) in [5.74, 6) is 0.769. The van der Waals surface area contributed by atoms with Crippen LogP contribution in [0.4, 0.5) is 0 Å². The summed E-state index contributed by atoms with van der Waals surface area (Å²) in [6.45, 7) is 8.43. The van der Waals surface area contributed by atoms with Gasteiger partial charge in [0.25, 0.3) is 0 Å². The molecule has 0 radical (unpaired) electrons. The maximum atomic E-state index is 11.3. The van der Waals surface area contributed by atoms with Gasteiger partial charge in [-0.3, -0.25) is 0 Å². The van der Waals surface area contributed by atoms with Crippen molar-refractivity contribution < 1.29 is 5.11 Å². The number of hydrogen-bond donors (Lipinski definition) is 2. The van der Waals surface area contributed by atoms with Gasteiger partial charge in [-0.2, -0.15) is 0 Å². The van der Waals surface area contributed by atoms with Crippen molar-refractivity contribution in [3.8, 4) is 0 Å². The Labute approximate surface area is 124 Å². The van der Waals surface area contributed by atoms with Crippen LogP contribution in [0, 0.1) is 11.3 Å². The molecule has 0 aromatic carbocycles. The second-order valence-electron chi connectivity index (χ2n) is 7.23. The SMILES string of the molecule is CCCN1CCC(O)(C2(CN)CCCC(CC)C2)CC1. The summed E-state index contributed by atoms with van der Waals surface area (Å²) in [5, 5.41) is 11.3. The Bertz CT molecular complexity index is 299. The lowest BCUT2D eigenvalue weighted by Gasteiger charge is -2.54. The summed E-state index contributed by atoms with van der Waals surface area (Å²) >= 11 is 0. The van der Waals surface area contributed by atoms with Gasteiger partial charge in [0, 0.05) is 25.0 Å². The van der Waals surface area contributed by atoms with Crippen molar-refractivity contribution >= 4 is 0 Å². The molecule has 0 aromatic heterocycles. The molecule has 1 saturated carbocycles. The van der Waals surface area contributed by atoms with E-state index in [2.05, 4.69) is 18.7 Å². The minimum Gasteiger partial charge on any atom is -0.389 e. The van der Waals surface area contributed by atoms with E-state index in [1.807, 2.05) is 0 Å². The summed E-state index contributed by atoms with van der Waals surface area (Å²) in [5.41, 5.74) is 5.67. The van der Waals surface area contributed by atoms with E-state index in [1.165, 1.54) is 32.2 Å². The van der Waals surface area contributed by atoms with Crippen molar-refractivity contribution in [1.29, 1.82) is 0 Å². The van der Waals surface area contributed by atoms with Gasteiger partial charge in [0.2, 0.25) is 0 Å². The molecule has 2 fully saturated rings. The molecule has 0 bridgehead atoms. The monoisotopic (exact) mass is 282 g/mol. The van der Waals surface area contributed by atoms with E-state index in [0.717, 1.165) is 44.7 Å². The zero-order valence-corrected chi connectivity index (χ0v) is 13.5. The fourth-order valence-electron chi connectivity index (χ4n) is 4.63. The Morgan fingerprint density at radius 3 is 2.45 bits per heavy atom. The Kier molecular flexibility index (Phi) is 5.49. The van der Waals surface area contributed by atoms with Crippen LogP contribution in [0.5, 0.6) is 0 Å². The maximum Gasteiger partial charge on any atom is 0.0740 e. The van der Waals surface area contributed by atoms with Crippen molar-refractivity contribution in [2.45, 2.75) is 70.8 Å². The number of piperidine rings is 1. The summed E-state index contributed by atoms with van der Waals surface area (Å²) in [7, 11) is 0. The summed E-state index contributed by atoms with van der Waals surface area (Å²) in [4.78, 5) is 2.50. The molecule has 1 aliphatic carbocycles. The number of aliphatic hydroxyl groups is 1. The van der Waals surface area contributed by atoms with Crippen molar-refractivity contribution in [3.05, 3.63) is 0 Å². The molecule has 2 unspecified atom stereocenters. The molecule has 3 N–H and O–H groups in total. The first-order valence-electron chi connectivity index (χ1n) is 8.74. The third kappa shape index (κ3) is 3.05. The number of nitrogens with two attached hydrogens (primary N) is 1. The highest BCUT2D eigenvalue weighted by atomic mass is 16.3. The van der Waals surface area contributed by atoms with E-state index in [1.54, 1.807) is 0 Å². The highest BCUT2D eigenvalue weighted by Gasteiger charge is 2.51. The predicted octanol–water partition coefficient (Wildman–Crippen LogP) is 2.77. The first-order valence-corrected chi connectivity index (χ1v) is 8.74. The van der Waals surface area contributed by atoms with Gasteiger partial charge in [0.1, 0.15) is 0 Å². The van der Waals surface area contributed by atoms with Gasteiger partial charge >= 0.3 is 0 Å². The molecule has 2 rings (SSSR count). The molecule has 1 heterocycles. The minimum atomic E-state index is -0.514. The molecule has 20 heavy (non-hydrogen) atoms. The number of nitrogens with zero attached hydrogens (tertiary/aromatic N) is 1. The Morgan fingerprint density at radius 1 is 1.20 bits per heavy atom. The molecular weight excluding hydrogens is 248 g/mol. The van der Waals surface area contributed by atoms with Crippen LogP contribution in [-0.4, -0.2) is 41.8 Å². The van der Waals surface area contributed by atoms with Crippen molar-refractivity contribution in [2.75, 3.05) is 26.2 Å². The second-order valence-corrected chi connectivity index (χ2v) is 7.23. The van der Waals surface area contributed by atoms with Crippen LogP contribution in [-0.2, 0) is 0 Å². The quantitative estimate of drug-likeness (QED) is 0.815. The average Bonchev–Trinajstić information content (AvgIpc) is 2.49. The fraction of sp³-hybridized carbons (Fsp3) is 1.00. The molecule has 118 valence electrons. The summed E-state index contributed by atoms with van der Waals surface area (Å²) in [6, 6.07) is 0. The van der Waals surface area contributed by atoms with Crippen LogP contribution in [0.25, 0.3) is 0 Å². The predicted molar refractivity (Wildman–Crippen MR) is 84.7 cm³/mol. The highest BCUT2D eigenvalue weighted by Crippen LogP contribution is 2.50. The van der Waals surface area contributed by atoms with E-state index in [9.17, 15) is 5.11 Å². The smallest absolute Gasteiger partial charge is 0.0740 e. The van der Waals surface area contributed by atoms with Crippen LogP contribution in [0.2, 0.25) is 0 Å². The second kappa shape index (κ2) is 6.76. The van der Waals surface area contributed by atoms with Gasteiger partial charge in [0.15, 0.2) is 0 Å². The molecule has 0 aromatic rings. The number of hydrogen-bond acceptors (Lipinski definition) is 3. The van der Waals surface area contributed by atoms with E-state index >= 15 is 0 Å². The van der Waals surface area contributed by atoms with Crippen LogP contribution >= 0.6 is 0 Å². The molecule has 1 saturated heterocycles. The van der Waals surface area contributed by atoms with Gasteiger partial charge in [0.05, 0.1) is 5.60 Å². The van der Waals surface area contributed by atoms with E-state index in [0.29, 0.717) is 6.54 Å². The lowest BCUT2D eigenvalue weighted by Crippen LogP contribution is -2.59. The lowest BCUT2D eigenvalue weighted by molar-refractivity contribution is -0.139. The highest BCUT2D eigenvalue weighted by molar-refractivity contribution is 5.04. The molecule has 0 spiro atoms. The number of rotatable bonds is 5. The number of likely N-dealkylation sites (tertiary alicyclic amines) is 1. The zero-order valence-electron chi connectivity index (χ0n) is 13.5. The standard InChI is InChI=1S/C17H34N2O/c1-3-10-19-11-8-17(20,9-12-19)16(14-18)7-5-6-15(4-2)13-16/h15,20H,3-14,18H2,1-2H3. The molecule has 0 amide bonds. The topological polar surface area (TPSA) is 49.5 Å². The van der Waals surface area contributed by atoms with Crippen molar-refractivity contribution in [2.24, 2.45) is 17.1 Å². The summed E-state index contributed by atoms with van der Waals surface area (Å²) < 4.78 is 0. The average molecular weight is 282 g/mol. The van der Waals surface area contributed by atoms with E-state index in [4.69, 9.17) is 5.73 Å². The molecule has 3 heteroatoms. The summed E-state index contributed by atoms with van der Waals surface area (Å²) in [6.07, 6.45) is 9.13. The van der Waals surface area contributed by atoms with Crippen LogP contribution in [0.1, 0.15) is 65.2 Å². The Morgan fingerprint density at radius 2 is 1.90 bits per heavy atom. The fourth-order valence-corrected chi connectivity index (χ4v) is 4.63. The van der Waals surface area contributed by atoms with Gasteiger partial charge in [-0.1, -0.05) is 33.1 Å². The maximum absolute atomic E-state index is 11.3. The van der Waals surface area contributed by atoms with Gasteiger partial charge in [-0.15, -0.1) is 0 Å². The molecule has 3 nitrogen and oxygen atoms in total. The Balaban J connectivity index is 2.06. The molecular formula is C17H34N2O. The first-order chi connectivity index (χ1) is 9.59. The lowest BCUT2D eigenvalue weighted by atomic mass is 9.57. The molecule has 2 atom stereocenters. The van der Waals surface area contributed by atoms with Crippen LogP contribution < -0.4 is 5.73 Å². The third-order valence-corrected chi connectivity index (χ3v) is 6.13. The van der Waals surface area contributed by atoms with Gasteiger partial charge in [-0.25, -0.2) is 0 Å². The molecule has 1 aliphatic heterocycles. The third-order valence-electron chi connectivity index (χ3n) is 6.13. The first kappa shape index (κ1) is 16.3. The molecule has 2 aliphatic rings. The Hall–Kier alpha value is -0.120. The van der Waals surface area contributed by atoms with Crippen molar-refractivity contribution in [1.82, 2.24) is 4.90 Å². The van der Waals surface area contributed by atoms with Gasteiger partial charge < -0.3 is 15.7 Å².